The second-order valence-electron chi connectivity index (χ2n) is 4.00. The summed E-state index contributed by atoms with van der Waals surface area (Å²) in [5.41, 5.74) is 0.879. The van der Waals surface area contributed by atoms with Crippen molar-refractivity contribution in [3.05, 3.63) is 27.8 Å². The van der Waals surface area contributed by atoms with Gasteiger partial charge in [-0.25, -0.2) is 0 Å². The van der Waals surface area contributed by atoms with E-state index in [-0.39, 0.29) is 11.9 Å². The molecule has 2 rings (SSSR count). The number of anilines is 1. The number of carbonyl (C=O) groups is 1. The third kappa shape index (κ3) is 3.18. The molecule has 1 heterocycles. The van der Waals surface area contributed by atoms with Crippen molar-refractivity contribution >= 4 is 34.2 Å². The summed E-state index contributed by atoms with van der Waals surface area (Å²) in [6.45, 7) is 0.949. The van der Waals surface area contributed by atoms with Crippen LogP contribution in [0.25, 0.3) is 0 Å². The van der Waals surface area contributed by atoms with Crippen LogP contribution in [0.15, 0.2) is 24.3 Å². The molecule has 86 valence electrons. The van der Waals surface area contributed by atoms with Crippen molar-refractivity contribution in [3.8, 4) is 0 Å². The van der Waals surface area contributed by atoms with E-state index in [0.29, 0.717) is 0 Å². The van der Waals surface area contributed by atoms with Gasteiger partial charge in [-0.15, -0.1) is 0 Å². The summed E-state index contributed by atoms with van der Waals surface area (Å²) < 4.78 is 1.13. The van der Waals surface area contributed by atoms with E-state index in [9.17, 15) is 4.79 Å². The number of piperidine rings is 1. The normalized spacial score (nSPS) is 20.4. The highest BCUT2D eigenvalue weighted by Crippen LogP contribution is 2.14. The van der Waals surface area contributed by atoms with Gasteiger partial charge in [-0.05, 0) is 60.2 Å². The van der Waals surface area contributed by atoms with Crippen LogP contribution in [-0.4, -0.2) is 18.5 Å². The molecule has 0 radical (unpaired) electrons. The van der Waals surface area contributed by atoms with Gasteiger partial charge in [0.25, 0.3) is 0 Å². The summed E-state index contributed by atoms with van der Waals surface area (Å²) in [6.07, 6.45) is 3.25. The summed E-state index contributed by atoms with van der Waals surface area (Å²) in [5, 5.41) is 6.19. The van der Waals surface area contributed by atoms with Gasteiger partial charge in [0.1, 0.15) is 0 Å². The molecule has 4 heteroatoms. The number of amides is 1. The van der Waals surface area contributed by atoms with Crippen molar-refractivity contribution in [1.29, 1.82) is 0 Å². The standard InChI is InChI=1S/C12H15IN2O/c13-9-4-3-5-10(8-9)15-12(16)11-6-1-2-7-14-11/h3-5,8,11,14H,1-2,6-7H2,(H,15,16). The fourth-order valence-corrected chi connectivity index (χ4v) is 2.41. The van der Waals surface area contributed by atoms with E-state index >= 15 is 0 Å². The van der Waals surface area contributed by atoms with Crippen LogP contribution in [-0.2, 0) is 4.79 Å². The molecule has 1 amide bonds. The Morgan fingerprint density at radius 2 is 2.31 bits per heavy atom. The van der Waals surface area contributed by atoms with Crippen LogP contribution in [0.1, 0.15) is 19.3 Å². The van der Waals surface area contributed by atoms with E-state index in [1.165, 1.54) is 6.42 Å². The van der Waals surface area contributed by atoms with Crippen LogP contribution in [0.3, 0.4) is 0 Å². The summed E-state index contributed by atoms with van der Waals surface area (Å²) in [5.74, 6) is 0.0849. The maximum atomic E-state index is 11.9. The summed E-state index contributed by atoms with van der Waals surface area (Å²) >= 11 is 2.24. The van der Waals surface area contributed by atoms with Crippen molar-refractivity contribution in [2.24, 2.45) is 0 Å². The number of carbonyl (C=O) groups excluding carboxylic acids is 1. The number of benzene rings is 1. The predicted octanol–water partition coefficient (Wildman–Crippen LogP) is 2.37. The van der Waals surface area contributed by atoms with Crippen molar-refractivity contribution < 1.29 is 4.79 Å². The maximum absolute atomic E-state index is 11.9. The first-order valence-electron chi connectivity index (χ1n) is 5.55. The fourth-order valence-electron chi connectivity index (χ4n) is 1.87. The zero-order valence-electron chi connectivity index (χ0n) is 9.00. The number of halogens is 1. The smallest absolute Gasteiger partial charge is 0.241 e. The molecule has 0 saturated carbocycles. The van der Waals surface area contributed by atoms with Crippen LogP contribution in [0.2, 0.25) is 0 Å². The lowest BCUT2D eigenvalue weighted by molar-refractivity contribution is -0.118. The quantitative estimate of drug-likeness (QED) is 0.818. The van der Waals surface area contributed by atoms with E-state index in [1.807, 2.05) is 24.3 Å². The molecule has 1 unspecified atom stereocenters. The highest BCUT2D eigenvalue weighted by molar-refractivity contribution is 14.1. The Morgan fingerprint density at radius 3 is 3.00 bits per heavy atom. The molecule has 1 aliphatic heterocycles. The van der Waals surface area contributed by atoms with Gasteiger partial charge in [-0.3, -0.25) is 4.79 Å². The average molecular weight is 330 g/mol. The molecule has 1 atom stereocenters. The fraction of sp³-hybridized carbons (Fsp3) is 0.417. The maximum Gasteiger partial charge on any atom is 0.241 e. The lowest BCUT2D eigenvalue weighted by Crippen LogP contribution is -2.43. The Morgan fingerprint density at radius 1 is 1.44 bits per heavy atom. The first kappa shape index (κ1) is 11.9. The third-order valence-corrected chi connectivity index (χ3v) is 3.39. The van der Waals surface area contributed by atoms with Gasteiger partial charge in [0.2, 0.25) is 5.91 Å². The molecule has 1 aliphatic rings. The highest BCUT2D eigenvalue weighted by Gasteiger charge is 2.20. The lowest BCUT2D eigenvalue weighted by atomic mass is 10.0. The Bertz CT molecular complexity index is 375. The molecule has 1 aromatic carbocycles. The van der Waals surface area contributed by atoms with Crippen molar-refractivity contribution in [2.45, 2.75) is 25.3 Å². The third-order valence-electron chi connectivity index (χ3n) is 2.72. The van der Waals surface area contributed by atoms with E-state index in [0.717, 1.165) is 28.6 Å². The number of hydrogen-bond donors (Lipinski definition) is 2. The first-order chi connectivity index (χ1) is 7.75. The molecule has 0 aromatic heterocycles. The molecule has 1 aromatic rings. The molecule has 0 spiro atoms. The monoisotopic (exact) mass is 330 g/mol. The van der Waals surface area contributed by atoms with Gasteiger partial charge >= 0.3 is 0 Å². The van der Waals surface area contributed by atoms with Crippen molar-refractivity contribution in [2.75, 3.05) is 11.9 Å². The highest BCUT2D eigenvalue weighted by atomic mass is 127. The summed E-state index contributed by atoms with van der Waals surface area (Å²) in [4.78, 5) is 11.9. The van der Waals surface area contributed by atoms with E-state index in [1.54, 1.807) is 0 Å². The predicted molar refractivity (Wildman–Crippen MR) is 73.4 cm³/mol. The Balaban J connectivity index is 1.96. The van der Waals surface area contributed by atoms with Crippen LogP contribution in [0.5, 0.6) is 0 Å². The molecule has 1 saturated heterocycles. The Hall–Kier alpha value is -0.620. The zero-order valence-corrected chi connectivity index (χ0v) is 11.2. The summed E-state index contributed by atoms with van der Waals surface area (Å²) in [7, 11) is 0. The average Bonchev–Trinajstić information content (AvgIpc) is 2.30. The molecule has 0 bridgehead atoms. The largest absolute Gasteiger partial charge is 0.325 e. The second kappa shape index (κ2) is 5.63. The number of hydrogen-bond acceptors (Lipinski definition) is 2. The molecular weight excluding hydrogens is 315 g/mol. The van der Waals surface area contributed by atoms with Crippen LogP contribution < -0.4 is 10.6 Å². The van der Waals surface area contributed by atoms with Gasteiger partial charge in [0, 0.05) is 9.26 Å². The molecule has 3 nitrogen and oxygen atoms in total. The SMILES string of the molecule is O=C(Nc1cccc(I)c1)C1CCCCN1. The minimum atomic E-state index is -0.0217. The van der Waals surface area contributed by atoms with Gasteiger partial charge < -0.3 is 10.6 Å². The van der Waals surface area contributed by atoms with E-state index in [2.05, 4.69) is 33.2 Å². The molecule has 2 N–H and O–H groups in total. The van der Waals surface area contributed by atoms with Gasteiger partial charge in [-0.1, -0.05) is 12.5 Å². The zero-order chi connectivity index (χ0) is 11.4. The lowest BCUT2D eigenvalue weighted by Gasteiger charge is -2.22. The van der Waals surface area contributed by atoms with Crippen LogP contribution >= 0.6 is 22.6 Å². The van der Waals surface area contributed by atoms with Gasteiger partial charge in [-0.2, -0.15) is 0 Å². The van der Waals surface area contributed by atoms with E-state index < -0.39 is 0 Å². The van der Waals surface area contributed by atoms with Gasteiger partial charge in [0.05, 0.1) is 6.04 Å². The molecule has 16 heavy (non-hydrogen) atoms. The van der Waals surface area contributed by atoms with Gasteiger partial charge in [0.15, 0.2) is 0 Å². The minimum absolute atomic E-state index is 0.0217. The molecule has 0 aliphatic carbocycles. The molecule has 1 fully saturated rings. The van der Waals surface area contributed by atoms with Crippen LogP contribution in [0.4, 0.5) is 5.69 Å². The van der Waals surface area contributed by atoms with Crippen LogP contribution in [0, 0.1) is 3.57 Å². The minimum Gasteiger partial charge on any atom is -0.325 e. The second-order valence-corrected chi connectivity index (χ2v) is 5.25. The summed E-state index contributed by atoms with van der Waals surface area (Å²) in [6, 6.07) is 7.83. The Labute approximate surface area is 109 Å². The number of nitrogens with one attached hydrogen (secondary N) is 2. The van der Waals surface area contributed by atoms with E-state index in [4.69, 9.17) is 0 Å². The Kier molecular flexibility index (Phi) is 4.17. The number of rotatable bonds is 2. The van der Waals surface area contributed by atoms with Crippen molar-refractivity contribution in [1.82, 2.24) is 5.32 Å². The molecular formula is C12H15IN2O. The van der Waals surface area contributed by atoms with Crippen molar-refractivity contribution in [3.63, 3.8) is 0 Å². The first-order valence-corrected chi connectivity index (χ1v) is 6.63. The topological polar surface area (TPSA) is 41.1 Å².